The number of allylic oxidation sites excluding steroid dienone is 1. The highest BCUT2D eigenvalue weighted by molar-refractivity contribution is 7.00. The summed E-state index contributed by atoms with van der Waals surface area (Å²) in [6.45, 7) is 0.0410. The van der Waals surface area contributed by atoms with E-state index in [2.05, 4.69) is 8.75 Å². The zero-order valence-corrected chi connectivity index (χ0v) is 21.9. The summed E-state index contributed by atoms with van der Waals surface area (Å²) in [4.78, 5) is 38.0. The molecular formula is C28H22N2O9S. The molecule has 40 heavy (non-hydrogen) atoms. The molecule has 5 rings (SSSR count). The first-order chi connectivity index (χ1) is 19.3. The largest absolute Gasteiger partial charge is 0.497 e. The Kier molecular flexibility index (Phi) is 7.60. The molecule has 4 aromatic rings. The van der Waals surface area contributed by atoms with Gasteiger partial charge in [0.25, 0.3) is 0 Å². The topological polar surface area (TPSA) is 154 Å². The van der Waals surface area contributed by atoms with Crippen LogP contribution in [-0.4, -0.2) is 63.6 Å². The number of carboxylic acids is 2. The standard InChI is InChI=1S/C28H22N2O9S/c1-36-18-5-2-15(23(13-18)39-14-25(31)32)10-19(27(33)17-4-7-22-24(12-17)38-9-8-37-22)26(28(34)35)16-3-6-20-21(11-16)30-40-29-20/h2-7,11-13H,8-10,14H2,1H3,(H,31,32)(H,34,35). The second-order valence-electron chi connectivity index (χ2n) is 8.65. The summed E-state index contributed by atoms with van der Waals surface area (Å²) in [7, 11) is 1.44. The Labute approximate surface area is 231 Å². The Morgan fingerprint density at radius 1 is 0.900 bits per heavy atom. The second kappa shape index (κ2) is 11.4. The molecular weight excluding hydrogens is 540 g/mol. The minimum atomic E-state index is -1.33. The van der Waals surface area contributed by atoms with Crippen molar-refractivity contribution in [1.82, 2.24) is 8.75 Å². The molecule has 3 aromatic carbocycles. The van der Waals surface area contributed by atoms with Gasteiger partial charge in [-0.3, -0.25) is 4.79 Å². The summed E-state index contributed by atoms with van der Waals surface area (Å²) in [5.74, 6) is -1.71. The van der Waals surface area contributed by atoms with Crippen LogP contribution in [0.2, 0.25) is 0 Å². The number of hydrogen-bond acceptors (Lipinski definition) is 10. The molecule has 11 nitrogen and oxygen atoms in total. The van der Waals surface area contributed by atoms with Gasteiger partial charge in [-0.05, 0) is 47.5 Å². The second-order valence-corrected chi connectivity index (χ2v) is 9.18. The number of carbonyl (C=O) groups excluding carboxylic acids is 1. The van der Waals surface area contributed by atoms with E-state index >= 15 is 0 Å². The molecule has 0 fully saturated rings. The van der Waals surface area contributed by atoms with Gasteiger partial charge in [0.1, 0.15) is 35.7 Å². The Morgan fingerprint density at radius 3 is 2.40 bits per heavy atom. The highest BCUT2D eigenvalue weighted by atomic mass is 32.1. The van der Waals surface area contributed by atoms with Gasteiger partial charge in [-0.2, -0.15) is 8.75 Å². The number of ketones is 1. The molecule has 0 spiro atoms. The maximum Gasteiger partial charge on any atom is 0.341 e. The van der Waals surface area contributed by atoms with Crippen molar-refractivity contribution < 1.29 is 43.5 Å². The fraction of sp³-hybridized carbons (Fsp3) is 0.179. The van der Waals surface area contributed by atoms with Gasteiger partial charge in [-0.1, -0.05) is 12.1 Å². The van der Waals surface area contributed by atoms with Crippen molar-refractivity contribution in [1.29, 1.82) is 0 Å². The van der Waals surface area contributed by atoms with Gasteiger partial charge in [0.05, 0.1) is 24.4 Å². The number of benzene rings is 3. The van der Waals surface area contributed by atoms with E-state index in [0.717, 1.165) is 11.7 Å². The Morgan fingerprint density at radius 2 is 1.65 bits per heavy atom. The third kappa shape index (κ3) is 5.57. The fourth-order valence-electron chi connectivity index (χ4n) is 4.28. The lowest BCUT2D eigenvalue weighted by Crippen LogP contribution is -2.17. The van der Waals surface area contributed by atoms with Crippen LogP contribution in [0.25, 0.3) is 16.6 Å². The molecule has 0 saturated heterocycles. The number of Topliss-reactive ketones (excluding diaryl/α,β-unsaturated/α-hetero) is 1. The zero-order valence-electron chi connectivity index (χ0n) is 21.1. The molecule has 0 unspecified atom stereocenters. The van der Waals surface area contributed by atoms with Gasteiger partial charge >= 0.3 is 11.9 Å². The van der Waals surface area contributed by atoms with Crippen LogP contribution < -0.4 is 18.9 Å². The number of aliphatic carboxylic acids is 2. The molecule has 0 amide bonds. The first-order valence-corrected chi connectivity index (χ1v) is 12.7. The van der Waals surface area contributed by atoms with E-state index in [1.165, 1.54) is 19.2 Å². The van der Waals surface area contributed by atoms with Crippen LogP contribution in [0.15, 0.2) is 60.2 Å². The van der Waals surface area contributed by atoms with Crippen LogP contribution in [0.4, 0.5) is 0 Å². The van der Waals surface area contributed by atoms with Gasteiger partial charge in [0.15, 0.2) is 23.9 Å². The number of hydrogen-bond donors (Lipinski definition) is 2. The van der Waals surface area contributed by atoms with Crippen LogP contribution >= 0.6 is 11.7 Å². The summed E-state index contributed by atoms with van der Waals surface area (Å²) < 4.78 is 30.3. The van der Waals surface area contributed by atoms with Gasteiger partial charge in [-0.15, -0.1) is 0 Å². The van der Waals surface area contributed by atoms with Crippen molar-refractivity contribution in [2.75, 3.05) is 26.9 Å². The van der Waals surface area contributed by atoms with E-state index < -0.39 is 24.3 Å². The molecule has 0 saturated carbocycles. The third-order valence-electron chi connectivity index (χ3n) is 6.13. The van der Waals surface area contributed by atoms with E-state index in [9.17, 15) is 19.5 Å². The van der Waals surface area contributed by atoms with Crippen molar-refractivity contribution in [2.24, 2.45) is 0 Å². The number of methoxy groups -OCH3 is 1. The smallest absolute Gasteiger partial charge is 0.341 e. The van der Waals surface area contributed by atoms with Gasteiger partial charge in [0.2, 0.25) is 0 Å². The quantitative estimate of drug-likeness (QED) is 0.214. The number of aromatic nitrogens is 2. The average molecular weight is 563 g/mol. The predicted octanol–water partition coefficient (Wildman–Crippen LogP) is 3.90. The Bertz CT molecular complexity index is 1660. The highest BCUT2D eigenvalue weighted by Crippen LogP contribution is 2.35. The number of nitrogens with zero attached hydrogens (tertiary/aromatic N) is 2. The third-order valence-corrected chi connectivity index (χ3v) is 6.69. The molecule has 1 aliphatic heterocycles. The van der Waals surface area contributed by atoms with Crippen molar-refractivity contribution in [2.45, 2.75) is 6.42 Å². The summed E-state index contributed by atoms with van der Waals surface area (Å²) in [6.07, 6.45) is -0.193. The highest BCUT2D eigenvalue weighted by Gasteiger charge is 2.27. The molecule has 1 aliphatic rings. The number of rotatable bonds is 10. The molecule has 0 aliphatic carbocycles. The molecule has 1 aromatic heterocycles. The minimum Gasteiger partial charge on any atom is -0.497 e. The molecule has 2 heterocycles. The Hall–Kier alpha value is -4.97. The van der Waals surface area contributed by atoms with Crippen LogP contribution in [0.5, 0.6) is 23.0 Å². The van der Waals surface area contributed by atoms with E-state index in [4.69, 9.17) is 24.1 Å². The van der Waals surface area contributed by atoms with E-state index in [1.54, 1.807) is 42.5 Å². The molecule has 0 radical (unpaired) electrons. The molecule has 12 heteroatoms. The molecule has 0 bridgehead atoms. The molecule has 204 valence electrons. The maximum atomic E-state index is 14.1. The first kappa shape index (κ1) is 26.6. The van der Waals surface area contributed by atoms with Gasteiger partial charge in [0, 0.05) is 23.6 Å². The Balaban J connectivity index is 1.67. The number of carbonyl (C=O) groups is 3. The SMILES string of the molecule is COc1ccc(CC(C(=O)c2ccc3c(c2)OCCO3)=C(C(=O)O)c2ccc3nsnc3c2)c(OCC(=O)O)c1. The number of ether oxygens (including phenoxy) is 4. The van der Waals surface area contributed by atoms with E-state index in [0.29, 0.717) is 47.1 Å². The monoisotopic (exact) mass is 562 g/mol. The van der Waals surface area contributed by atoms with Gasteiger partial charge < -0.3 is 29.2 Å². The summed E-state index contributed by atoms with van der Waals surface area (Å²) in [5, 5.41) is 19.6. The van der Waals surface area contributed by atoms with Gasteiger partial charge in [-0.25, -0.2) is 9.59 Å². The predicted molar refractivity (Wildman–Crippen MR) is 144 cm³/mol. The first-order valence-electron chi connectivity index (χ1n) is 12.0. The van der Waals surface area contributed by atoms with Crippen molar-refractivity contribution in [3.05, 3.63) is 76.9 Å². The lowest BCUT2D eigenvalue weighted by Gasteiger charge is -2.20. The normalized spacial score (nSPS) is 12.9. The molecule has 0 atom stereocenters. The number of carboxylic acid groups (broad SMARTS) is 2. The summed E-state index contributed by atoms with van der Waals surface area (Å²) in [5.41, 5.74) is 1.62. The lowest BCUT2D eigenvalue weighted by atomic mass is 9.89. The van der Waals surface area contributed by atoms with Crippen LogP contribution in [0.3, 0.4) is 0 Å². The fourth-order valence-corrected chi connectivity index (χ4v) is 4.80. The van der Waals surface area contributed by atoms with E-state index in [-0.39, 0.29) is 34.4 Å². The van der Waals surface area contributed by atoms with Crippen molar-refractivity contribution >= 4 is 46.1 Å². The van der Waals surface area contributed by atoms with Crippen LogP contribution in [0, 0.1) is 0 Å². The van der Waals surface area contributed by atoms with Crippen LogP contribution in [-0.2, 0) is 16.0 Å². The number of fused-ring (bicyclic) bond motifs is 2. The summed E-state index contributed by atoms with van der Waals surface area (Å²) in [6, 6.07) is 14.1. The summed E-state index contributed by atoms with van der Waals surface area (Å²) >= 11 is 0.990. The minimum absolute atomic E-state index is 0.0583. The average Bonchev–Trinajstić information content (AvgIpc) is 3.43. The zero-order chi connectivity index (χ0) is 28.2. The van der Waals surface area contributed by atoms with Crippen LogP contribution in [0.1, 0.15) is 21.5 Å². The van der Waals surface area contributed by atoms with Crippen molar-refractivity contribution in [3.8, 4) is 23.0 Å². The van der Waals surface area contributed by atoms with Crippen molar-refractivity contribution in [3.63, 3.8) is 0 Å². The molecule has 2 N–H and O–H groups in total. The maximum absolute atomic E-state index is 14.1. The lowest BCUT2D eigenvalue weighted by molar-refractivity contribution is -0.139. The van der Waals surface area contributed by atoms with E-state index in [1.807, 2.05) is 0 Å².